The van der Waals surface area contributed by atoms with E-state index in [2.05, 4.69) is 20.5 Å². The lowest BCUT2D eigenvalue weighted by Crippen LogP contribution is -2.38. The van der Waals surface area contributed by atoms with Crippen molar-refractivity contribution in [2.75, 3.05) is 51.8 Å². The third-order valence-corrected chi connectivity index (χ3v) is 5.83. The summed E-state index contributed by atoms with van der Waals surface area (Å²) in [7, 11) is 1.66. The standard InChI is InChI=1S/C28H32N4O3/c1-34-27-20-26(11-10-23(27)9-8-22-5-3-12-29-21-22)31-25-7-2-6-24(19-25)28(33)30-13-4-14-32-15-17-35-18-16-32/h2-3,5-12,19-21,31H,4,13-18H2,1H3,(H,30,33)/b9-8+. The number of carbonyl (C=O) groups is 1. The van der Waals surface area contributed by atoms with Crippen molar-refractivity contribution in [1.82, 2.24) is 15.2 Å². The Bertz CT molecular complexity index is 1130. The van der Waals surface area contributed by atoms with Crippen molar-refractivity contribution in [2.45, 2.75) is 6.42 Å². The minimum atomic E-state index is -0.0657. The van der Waals surface area contributed by atoms with Crippen LogP contribution in [0.4, 0.5) is 11.4 Å². The SMILES string of the molecule is COc1cc(Nc2cccc(C(=O)NCCCN3CCOCC3)c2)ccc1/C=C/c1cccnc1. The molecule has 7 heteroatoms. The van der Waals surface area contributed by atoms with Gasteiger partial charge in [0.2, 0.25) is 0 Å². The minimum absolute atomic E-state index is 0.0657. The van der Waals surface area contributed by atoms with Crippen molar-refractivity contribution in [3.63, 3.8) is 0 Å². The molecule has 3 aromatic rings. The summed E-state index contributed by atoms with van der Waals surface area (Å²) >= 11 is 0. The van der Waals surface area contributed by atoms with Gasteiger partial charge in [0, 0.05) is 60.6 Å². The number of pyridine rings is 1. The Hall–Kier alpha value is -3.68. The number of benzene rings is 2. The Morgan fingerprint density at radius 1 is 1.09 bits per heavy atom. The number of morpholine rings is 1. The van der Waals surface area contributed by atoms with Crippen molar-refractivity contribution >= 4 is 29.4 Å². The zero-order chi connectivity index (χ0) is 24.3. The summed E-state index contributed by atoms with van der Waals surface area (Å²) < 4.78 is 11.0. The minimum Gasteiger partial charge on any atom is -0.496 e. The summed E-state index contributed by atoms with van der Waals surface area (Å²) in [5.74, 6) is 0.688. The average molecular weight is 473 g/mol. The van der Waals surface area contributed by atoms with Crippen LogP contribution in [0.1, 0.15) is 27.9 Å². The van der Waals surface area contributed by atoms with Crippen molar-refractivity contribution in [3.8, 4) is 5.75 Å². The number of methoxy groups -OCH3 is 1. The molecule has 0 atom stereocenters. The molecule has 0 aliphatic carbocycles. The van der Waals surface area contributed by atoms with Crippen LogP contribution in [0.3, 0.4) is 0 Å². The first-order valence-electron chi connectivity index (χ1n) is 11.9. The van der Waals surface area contributed by atoms with Gasteiger partial charge >= 0.3 is 0 Å². The average Bonchev–Trinajstić information content (AvgIpc) is 2.91. The molecule has 0 unspecified atom stereocenters. The predicted molar refractivity (Wildman–Crippen MR) is 140 cm³/mol. The van der Waals surface area contributed by atoms with Gasteiger partial charge in [0.05, 0.1) is 20.3 Å². The summed E-state index contributed by atoms with van der Waals surface area (Å²) in [4.78, 5) is 19.1. The zero-order valence-corrected chi connectivity index (χ0v) is 20.1. The van der Waals surface area contributed by atoms with Crippen LogP contribution >= 0.6 is 0 Å². The van der Waals surface area contributed by atoms with E-state index in [1.165, 1.54) is 0 Å². The maximum Gasteiger partial charge on any atom is 0.251 e. The fourth-order valence-electron chi connectivity index (χ4n) is 3.92. The molecule has 1 aliphatic heterocycles. The van der Waals surface area contributed by atoms with Crippen LogP contribution in [0.15, 0.2) is 67.0 Å². The summed E-state index contributed by atoms with van der Waals surface area (Å²) in [6.45, 7) is 5.15. The van der Waals surface area contributed by atoms with Crippen LogP contribution in [0.5, 0.6) is 5.75 Å². The molecule has 0 saturated carbocycles. The van der Waals surface area contributed by atoms with Gasteiger partial charge in [0.25, 0.3) is 5.91 Å². The second kappa shape index (κ2) is 12.7. The van der Waals surface area contributed by atoms with Gasteiger partial charge in [-0.15, -0.1) is 0 Å². The first-order valence-corrected chi connectivity index (χ1v) is 11.9. The molecule has 1 saturated heterocycles. The molecule has 1 aliphatic rings. The Morgan fingerprint density at radius 3 is 2.74 bits per heavy atom. The molecule has 35 heavy (non-hydrogen) atoms. The van der Waals surface area contributed by atoms with Gasteiger partial charge in [0.1, 0.15) is 5.75 Å². The smallest absolute Gasteiger partial charge is 0.251 e. The van der Waals surface area contributed by atoms with Gasteiger partial charge in [0.15, 0.2) is 0 Å². The first kappa shape index (κ1) is 24.4. The van der Waals surface area contributed by atoms with Gasteiger partial charge in [-0.05, 0) is 54.9 Å². The van der Waals surface area contributed by atoms with E-state index in [0.717, 1.165) is 67.5 Å². The molecule has 182 valence electrons. The number of ether oxygens (including phenoxy) is 2. The van der Waals surface area contributed by atoms with Crippen molar-refractivity contribution in [2.24, 2.45) is 0 Å². The molecule has 0 spiro atoms. The molecule has 2 heterocycles. The lowest BCUT2D eigenvalue weighted by atomic mass is 10.1. The Morgan fingerprint density at radius 2 is 1.94 bits per heavy atom. The fraction of sp³-hybridized carbons (Fsp3) is 0.286. The monoisotopic (exact) mass is 472 g/mol. The topological polar surface area (TPSA) is 75.7 Å². The van der Waals surface area contributed by atoms with Crippen LogP contribution in [0.2, 0.25) is 0 Å². The van der Waals surface area contributed by atoms with E-state index < -0.39 is 0 Å². The highest BCUT2D eigenvalue weighted by Crippen LogP contribution is 2.27. The second-order valence-electron chi connectivity index (χ2n) is 8.35. The Labute approximate surface area is 206 Å². The Kier molecular flexibility index (Phi) is 8.86. The molecule has 0 bridgehead atoms. The number of nitrogens with one attached hydrogen (secondary N) is 2. The summed E-state index contributed by atoms with van der Waals surface area (Å²) in [6.07, 6.45) is 8.49. The number of rotatable bonds is 10. The van der Waals surface area contributed by atoms with E-state index in [0.29, 0.717) is 12.1 Å². The maximum absolute atomic E-state index is 12.6. The van der Waals surface area contributed by atoms with Crippen molar-refractivity contribution in [3.05, 3.63) is 83.7 Å². The van der Waals surface area contributed by atoms with Crippen LogP contribution in [0.25, 0.3) is 12.2 Å². The quantitative estimate of drug-likeness (QED) is 0.425. The molecule has 1 aromatic heterocycles. The third kappa shape index (κ3) is 7.40. The molecular weight excluding hydrogens is 440 g/mol. The van der Waals surface area contributed by atoms with Gasteiger partial charge in [-0.2, -0.15) is 0 Å². The number of anilines is 2. The van der Waals surface area contributed by atoms with E-state index in [-0.39, 0.29) is 5.91 Å². The van der Waals surface area contributed by atoms with E-state index in [9.17, 15) is 4.79 Å². The van der Waals surface area contributed by atoms with Crippen molar-refractivity contribution < 1.29 is 14.3 Å². The van der Waals surface area contributed by atoms with Crippen molar-refractivity contribution in [1.29, 1.82) is 0 Å². The normalized spacial score (nSPS) is 14.1. The lowest BCUT2D eigenvalue weighted by molar-refractivity contribution is 0.0374. The van der Waals surface area contributed by atoms with E-state index in [1.807, 2.05) is 72.9 Å². The molecule has 2 aromatic carbocycles. The van der Waals surface area contributed by atoms with E-state index in [1.54, 1.807) is 13.3 Å². The van der Waals surface area contributed by atoms with Crippen LogP contribution in [-0.4, -0.2) is 62.3 Å². The number of nitrogens with zero attached hydrogens (tertiary/aromatic N) is 2. The number of hydrogen-bond donors (Lipinski definition) is 2. The third-order valence-electron chi connectivity index (χ3n) is 5.83. The number of hydrogen-bond acceptors (Lipinski definition) is 6. The van der Waals surface area contributed by atoms with E-state index >= 15 is 0 Å². The van der Waals surface area contributed by atoms with Gasteiger partial charge in [-0.1, -0.05) is 24.3 Å². The maximum atomic E-state index is 12.6. The molecule has 7 nitrogen and oxygen atoms in total. The molecule has 1 fully saturated rings. The number of amides is 1. The zero-order valence-electron chi connectivity index (χ0n) is 20.1. The van der Waals surface area contributed by atoms with Gasteiger partial charge in [-0.25, -0.2) is 0 Å². The van der Waals surface area contributed by atoms with Crippen LogP contribution < -0.4 is 15.4 Å². The molecule has 1 amide bonds. The molecular formula is C28H32N4O3. The number of aromatic nitrogens is 1. The highest BCUT2D eigenvalue weighted by Gasteiger charge is 2.11. The second-order valence-corrected chi connectivity index (χ2v) is 8.35. The first-order chi connectivity index (χ1) is 17.2. The highest BCUT2D eigenvalue weighted by atomic mass is 16.5. The van der Waals surface area contributed by atoms with Crippen LogP contribution in [-0.2, 0) is 4.74 Å². The van der Waals surface area contributed by atoms with Gasteiger partial charge in [-0.3, -0.25) is 14.7 Å². The Balaban J connectivity index is 1.33. The summed E-state index contributed by atoms with van der Waals surface area (Å²) in [5, 5.41) is 6.40. The van der Waals surface area contributed by atoms with Crippen LogP contribution in [0, 0.1) is 0 Å². The summed E-state index contributed by atoms with van der Waals surface area (Å²) in [5.41, 5.74) is 4.33. The van der Waals surface area contributed by atoms with E-state index in [4.69, 9.17) is 9.47 Å². The highest BCUT2D eigenvalue weighted by molar-refractivity contribution is 5.95. The predicted octanol–water partition coefficient (Wildman–Crippen LogP) is 4.46. The number of carbonyl (C=O) groups excluding carboxylic acids is 1. The molecule has 4 rings (SSSR count). The fourth-order valence-corrected chi connectivity index (χ4v) is 3.92. The molecule has 2 N–H and O–H groups in total. The molecule has 0 radical (unpaired) electrons. The lowest BCUT2D eigenvalue weighted by Gasteiger charge is -2.26. The largest absolute Gasteiger partial charge is 0.496 e. The summed E-state index contributed by atoms with van der Waals surface area (Å²) in [6, 6.07) is 17.4. The van der Waals surface area contributed by atoms with Gasteiger partial charge < -0.3 is 20.1 Å².